The van der Waals surface area contributed by atoms with Gasteiger partial charge in [-0.2, -0.15) is 0 Å². The number of ether oxygens (including phenoxy) is 4. The average Bonchev–Trinajstić information content (AvgIpc) is 2.59. The topological polar surface area (TPSA) is 237 Å². The highest BCUT2D eigenvalue weighted by Gasteiger charge is 2.30. The molecule has 19 heteroatoms. The van der Waals surface area contributed by atoms with Crippen molar-refractivity contribution in [1.29, 1.82) is 0 Å². The molecule has 0 bridgehead atoms. The predicted octanol–water partition coefficient (Wildman–Crippen LogP) is 21.3. The van der Waals surface area contributed by atoms with Crippen LogP contribution in [0.3, 0.4) is 0 Å². The number of aliphatic hydroxyl groups is 1. The molecule has 0 aromatic rings. The number of unbranched alkanes of at least 4 members (excludes halogenated alkanes) is 35. The van der Waals surface area contributed by atoms with Crippen LogP contribution >= 0.6 is 15.6 Å². The number of rotatable bonds is 71. The summed E-state index contributed by atoms with van der Waals surface area (Å²) in [4.78, 5) is 72.7. The molecule has 17 nitrogen and oxygen atoms in total. The van der Waals surface area contributed by atoms with Crippen molar-refractivity contribution < 1.29 is 80.2 Å². The molecule has 3 N–H and O–H groups in total. The Morgan fingerprint density at radius 2 is 0.516 bits per heavy atom. The molecule has 0 amide bonds. The lowest BCUT2D eigenvalue weighted by atomic mass is 9.99. The summed E-state index contributed by atoms with van der Waals surface area (Å²) in [5, 5.41) is 10.6. The van der Waals surface area contributed by atoms with Gasteiger partial charge in [0.1, 0.15) is 19.3 Å². The van der Waals surface area contributed by atoms with Crippen LogP contribution in [0.15, 0.2) is 0 Å². The van der Waals surface area contributed by atoms with E-state index in [1.807, 2.05) is 0 Å². The summed E-state index contributed by atoms with van der Waals surface area (Å²) in [7, 11) is -9.91. The molecule has 0 aromatic carbocycles. The Kier molecular flexibility index (Phi) is 62.2. The fraction of sp³-hybridized carbons (Fsp3) is 0.946. The van der Waals surface area contributed by atoms with Crippen molar-refractivity contribution in [1.82, 2.24) is 0 Å². The molecule has 0 heterocycles. The molecule has 0 aliphatic carbocycles. The smallest absolute Gasteiger partial charge is 0.462 e. The molecular formula is C74H144O17P2. The minimum atomic E-state index is -4.96. The summed E-state index contributed by atoms with van der Waals surface area (Å²) in [6.45, 7) is 14.2. The van der Waals surface area contributed by atoms with Crippen LogP contribution in [0.5, 0.6) is 0 Å². The maximum absolute atomic E-state index is 13.1. The van der Waals surface area contributed by atoms with Crippen LogP contribution in [-0.4, -0.2) is 96.7 Å². The van der Waals surface area contributed by atoms with Gasteiger partial charge in [-0.15, -0.1) is 0 Å². The molecule has 0 saturated heterocycles. The number of hydrogen-bond donors (Lipinski definition) is 3. The number of esters is 4. The first-order valence-corrected chi connectivity index (χ1v) is 41.3. The van der Waals surface area contributed by atoms with E-state index in [2.05, 4.69) is 55.4 Å². The van der Waals surface area contributed by atoms with E-state index in [0.29, 0.717) is 31.6 Å². The maximum Gasteiger partial charge on any atom is 0.472 e. The first-order chi connectivity index (χ1) is 44.7. The second kappa shape index (κ2) is 63.5. The van der Waals surface area contributed by atoms with Gasteiger partial charge in [0.2, 0.25) is 0 Å². The zero-order chi connectivity index (χ0) is 68.9. The monoisotopic (exact) mass is 1370 g/mol. The second-order valence-electron chi connectivity index (χ2n) is 28.1. The lowest BCUT2D eigenvalue weighted by Crippen LogP contribution is -2.30. The van der Waals surface area contributed by atoms with Crippen molar-refractivity contribution in [2.24, 2.45) is 23.7 Å². The molecule has 0 spiro atoms. The Hall–Kier alpha value is -1.94. The van der Waals surface area contributed by atoms with Crippen molar-refractivity contribution in [2.75, 3.05) is 39.6 Å². The number of hydrogen-bond acceptors (Lipinski definition) is 15. The van der Waals surface area contributed by atoms with Gasteiger partial charge in [-0.1, -0.05) is 319 Å². The Morgan fingerprint density at radius 1 is 0.301 bits per heavy atom. The first-order valence-electron chi connectivity index (χ1n) is 38.3. The molecule has 0 aliphatic rings. The fourth-order valence-electron chi connectivity index (χ4n) is 11.1. The Labute approximate surface area is 568 Å². The molecule has 0 aliphatic heterocycles. The van der Waals surface area contributed by atoms with Crippen LogP contribution in [-0.2, 0) is 65.4 Å². The molecule has 5 unspecified atom stereocenters. The van der Waals surface area contributed by atoms with E-state index in [1.54, 1.807) is 0 Å². The van der Waals surface area contributed by atoms with E-state index in [0.717, 1.165) is 114 Å². The van der Waals surface area contributed by atoms with Crippen molar-refractivity contribution >= 4 is 39.5 Å². The number of phosphoric ester groups is 2. The Bertz CT molecular complexity index is 1840. The van der Waals surface area contributed by atoms with E-state index in [4.69, 9.17) is 37.0 Å². The highest BCUT2D eigenvalue weighted by atomic mass is 31.2. The zero-order valence-corrected chi connectivity index (χ0v) is 62.7. The third kappa shape index (κ3) is 65.8. The van der Waals surface area contributed by atoms with Gasteiger partial charge in [0.15, 0.2) is 12.2 Å². The van der Waals surface area contributed by atoms with Crippen LogP contribution in [0.1, 0.15) is 370 Å². The molecule has 0 radical (unpaired) electrons. The summed E-state index contributed by atoms with van der Waals surface area (Å²) < 4.78 is 68.4. The number of carbonyl (C=O) groups excluding carboxylic acids is 4. The molecule has 0 rings (SSSR count). The van der Waals surface area contributed by atoms with Crippen LogP contribution in [0.2, 0.25) is 0 Å². The van der Waals surface area contributed by atoms with Gasteiger partial charge < -0.3 is 33.8 Å². The number of carbonyl (C=O) groups is 4. The third-order valence-corrected chi connectivity index (χ3v) is 19.7. The molecule has 0 saturated carbocycles. The van der Waals surface area contributed by atoms with E-state index < -0.39 is 97.5 Å². The van der Waals surface area contributed by atoms with Crippen LogP contribution in [0, 0.1) is 23.7 Å². The molecule has 0 fully saturated rings. The summed E-state index contributed by atoms with van der Waals surface area (Å²) >= 11 is 0. The minimum Gasteiger partial charge on any atom is -0.462 e. The summed E-state index contributed by atoms with van der Waals surface area (Å²) in [5.74, 6) is 0.951. The zero-order valence-electron chi connectivity index (χ0n) is 60.9. The van der Waals surface area contributed by atoms with Crippen molar-refractivity contribution in [2.45, 2.75) is 388 Å². The summed E-state index contributed by atoms with van der Waals surface area (Å²) in [5.41, 5.74) is 0. The van der Waals surface area contributed by atoms with Crippen LogP contribution < -0.4 is 0 Å². The van der Waals surface area contributed by atoms with Gasteiger partial charge in [-0.05, 0) is 49.4 Å². The maximum atomic E-state index is 13.1. The number of aliphatic hydroxyl groups excluding tert-OH is 1. The SMILES string of the molecule is CCC(C)CCCCCCCCCCCCCCCCC(=O)OC[C@H](COP(=O)(O)OCC(O)COP(=O)(O)OC[C@@H](COC(=O)CCCCCCCCCC(C)C)OC(=O)CCCCCCCCCCC(C)CC)OC(=O)CCCCCCCCCCCCC(C)C. The van der Waals surface area contributed by atoms with Crippen molar-refractivity contribution in [3.63, 3.8) is 0 Å². The largest absolute Gasteiger partial charge is 0.472 e. The van der Waals surface area contributed by atoms with Gasteiger partial charge in [0, 0.05) is 25.7 Å². The quantitative estimate of drug-likeness (QED) is 0.0222. The standard InChI is InChI=1S/C74H144O17P2/c1-9-66(7)52-44-36-28-20-15-13-11-12-14-16-21-30-38-46-54-71(76)84-60-69(90-73(78)56-48-40-31-22-18-17-19-26-34-42-50-64(3)4)62-88-92(80,81)86-58-68(75)59-87-93(82,83)89-63-70(61-85-72(77)55-47-39-33-25-27-35-43-51-65(5)6)91-74(79)57-49-41-32-24-23-29-37-45-53-67(8)10-2/h64-70,75H,9-63H2,1-8H3,(H,80,81)(H,82,83)/t66?,67?,68?,69-,70-/m1/s1. The first kappa shape index (κ1) is 91.1. The Balaban J connectivity index is 5.24. The van der Waals surface area contributed by atoms with Crippen LogP contribution in [0.25, 0.3) is 0 Å². The molecule has 0 aromatic heterocycles. The lowest BCUT2D eigenvalue weighted by molar-refractivity contribution is -0.161. The molecule has 93 heavy (non-hydrogen) atoms. The van der Waals surface area contributed by atoms with E-state index in [9.17, 15) is 43.2 Å². The van der Waals surface area contributed by atoms with Crippen LogP contribution in [0.4, 0.5) is 0 Å². The minimum absolute atomic E-state index is 0.104. The van der Waals surface area contributed by atoms with Gasteiger partial charge in [-0.25, -0.2) is 9.13 Å². The number of phosphoric acid groups is 2. The molecule has 7 atom stereocenters. The fourth-order valence-corrected chi connectivity index (χ4v) is 12.7. The van der Waals surface area contributed by atoms with Gasteiger partial charge in [-0.3, -0.25) is 37.3 Å². The van der Waals surface area contributed by atoms with Gasteiger partial charge in [0.05, 0.1) is 26.4 Å². The van der Waals surface area contributed by atoms with Crippen molar-refractivity contribution in [3.05, 3.63) is 0 Å². The van der Waals surface area contributed by atoms with Gasteiger partial charge in [0.25, 0.3) is 0 Å². The van der Waals surface area contributed by atoms with E-state index in [1.165, 1.54) is 167 Å². The predicted molar refractivity (Wildman–Crippen MR) is 377 cm³/mol. The van der Waals surface area contributed by atoms with E-state index >= 15 is 0 Å². The third-order valence-electron chi connectivity index (χ3n) is 17.8. The lowest BCUT2D eigenvalue weighted by Gasteiger charge is -2.21. The summed E-state index contributed by atoms with van der Waals surface area (Å²) in [6.07, 6.45) is 47.2. The Morgan fingerprint density at radius 3 is 0.763 bits per heavy atom. The molecule has 552 valence electrons. The second-order valence-corrected chi connectivity index (χ2v) is 31.0. The van der Waals surface area contributed by atoms with Gasteiger partial charge >= 0.3 is 39.5 Å². The summed E-state index contributed by atoms with van der Waals surface area (Å²) in [6, 6.07) is 0. The normalized spacial score (nSPS) is 14.8. The average molecular weight is 1370 g/mol. The highest BCUT2D eigenvalue weighted by Crippen LogP contribution is 2.45. The highest BCUT2D eigenvalue weighted by molar-refractivity contribution is 7.47. The van der Waals surface area contributed by atoms with Crippen molar-refractivity contribution in [3.8, 4) is 0 Å². The molecular weight excluding hydrogens is 1220 g/mol. The van der Waals surface area contributed by atoms with E-state index in [-0.39, 0.29) is 25.7 Å².